The highest BCUT2D eigenvalue weighted by molar-refractivity contribution is 7.98. The number of rotatable bonds is 8. The molecule has 0 atom stereocenters. The number of ketones is 2. The highest BCUT2D eigenvalue weighted by atomic mass is 32.2. The van der Waals surface area contributed by atoms with Crippen molar-refractivity contribution in [2.45, 2.75) is 9.79 Å². The quantitative estimate of drug-likeness (QED) is 0.0828. The fourth-order valence-corrected chi connectivity index (χ4v) is 5.67. The van der Waals surface area contributed by atoms with Gasteiger partial charge in [-0.05, 0) is 77.0 Å². The van der Waals surface area contributed by atoms with Crippen LogP contribution in [0.5, 0.6) is 0 Å². The average molecular weight is 655 g/mol. The molecular weight excluding hydrogens is 627 g/mol. The lowest BCUT2D eigenvalue weighted by Crippen LogP contribution is -2.13. The first-order valence-corrected chi connectivity index (χ1v) is 16.0. The largest absolute Gasteiger partial charge is 0.292 e. The first kappa shape index (κ1) is 32.9. The molecule has 0 unspecified atom stereocenters. The SMILES string of the molecule is COOSc1ccc(C2=C(c3ccc(F)cc3)C(=O)CN=C2)cc1.CSc1ccc(C2=C(c3ccc(F)cc3)C(=O)CN=C2)cc1. The van der Waals surface area contributed by atoms with Gasteiger partial charge in [-0.25, -0.2) is 13.7 Å². The third-order valence-electron chi connectivity index (χ3n) is 7.04. The number of halogens is 2. The minimum atomic E-state index is -0.336. The number of thioether (sulfide) groups is 1. The molecule has 0 fully saturated rings. The lowest BCUT2D eigenvalue weighted by Gasteiger charge is -2.15. The second-order valence-corrected chi connectivity index (χ2v) is 11.6. The molecule has 4 aromatic carbocycles. The van der Waals surface area contributed by atoms with E-state index in [9.17, 15) is 18.4 Å². The number of Topliss-reactive ketones (excluding diaryl/α,β-unsaturated/α-hetero) is 2. The third kappa shape index (κ3) is 8.02. The van der Waals surface area contributed by atoms with Gasteiger partial charge >= 0.3 is 0 Å². The van der Waals surface area contributed by atoms with Crippen molar-refractivity contribution in [2.24, 2.45) is 9.98 Å². The van der Waals surface area contributed by atoms with Gasteiger partial charge in [0.05, 0.1) is 19.2 Å². The zero-order valence-corrected chi connectivity index (χ0v) is 26.5. The standard InChI is InChI=1S/C18H14FNO3S.C18H14FNOS/c1-22-23-24-15-8-4-12(5-9-15)16-10-20-11-17(21)18(16)13-2-6-14(19)7-3-13;1-22-15-8-4-12(5-9-15)16-10-20-11-17(21)18(16)13-2-6-14(19)7-3-13/h2-10H,11H2,1H3;2-10H,11H2,1H3. The van der Waals surface area contributed by atoms with E-state index in [1.807, 2.05) is 54.8 Å². The van der Waals surface area contributed by atoms with Gasteiger partial charge in [-0.3, -0.25) is 19.6 Å². The first-order chi connectivity index (χ1) is 22.4. The van der Waals surface area contributed by atoms with Crippen LogP contribution in [-0.2, 0) is 18.8 Å². The molecule has 232 valence electrons. The Morgan fingerprint density at radius 3 is 1.37 bits per heavy atom. The summed E-state index contributed by atoms with van der Waals surface area (Å²) in [6.07, 6.45) is 5.44. The molecule has 0 aromatic heterocycles. The van der Waals surface area contributed by atoms with Gasteiger partial charge in [0.1, 0.15) is 24.7 Å². The van der Waals surface area contributed by atoms with Crippen LogP contribution in [0.25, 0.3) is 22.3 Å². The van der Waals surface area contributed by atoms with Crippen LogP contribution >= 0.6 is 23.8 Å². The van der Waals surface area contributed by atoms with Crippen LogP contribution in [0, 0.1) is 11.6 Å². The Labute approximate surface area is 274 Å². The molecule has 0 spiro atoms. The van der Waals surface area contributed by atoms with Crippen LogP contribution in [-0.4, -0.2) is 50.5 Å². The maximum atomic E-state index is 13.2. The molecule has 0 aliphatic carbocycles. The van der Waals surface area contributed by atoms with Crippen molar-refractivity contribution in [2.75, 3.05) is 26.5 Å². The second kappa shape index (κ2) is 15.7. The van der Waals surface area contributed by atoms with Crippen molar-refractivity contribution in [3.05, 3.63) is 131 Å². The van der Waals surface area contributed by atoms with Gasteiger partial charge in [0, 0.05) is 44.5 Å². The summed E-state index contributed by atoms with van der Waals surface area (Å²) in [5, 5.41) is 0. The average Bonchev–Trinajstić information content (AvgIpc) is 3.09. The van der Waals surface area contributed by atoms with Crippen molar-refractivity contribution >= 4 is 70.1 Å². The summed E-state index contributed by atoms with van der Waals surface area (Å²) < 4.78 is 31.1. The number of dihydropyridines is 2. The highest BCUT2D eigenvalue weighted by Crippen LogP contribution is 2.31. The number of allylic oxidation sites excluding steroid dienone is 2. The van der Waals surface area contributed by atoms with E-state index in [0.29, 0.717) is 16.7 Å². The topological polar surface area (TPSA) is 77.3 Å². The fraction of sp³-hybridized carbons (Fsp3) is 0.111. The molecule has 0 amide bonds. The molecule has 4 aromatic rings. The minimum Gasteiger partial charge on any atom is -0.292 e. The number of hydrogen-bond donors (Lipinski definition) is 0. The van der Waals surface area contributed by atoms with Gasteiger partial charge in [0.25, 0.3) is 0 Å². The van der Waals surface area contributed by atoms with Crippen LogP contribution in [0.2, 0.25) is 0 Å². The second-order valence-electron chi connectivity index (χ2n) is 9.95. The molecule has 0 bridgehead atoms. The Hall–Kier alpha value is -4.48. The van der Waals surface area contributed by atoms with Crippen molar-refractivity contribution in [1.29, 1.82) is 0 Å². The summed E-state index contributed by atoms with van der Waals surface area (Å²) >= 11 is 2.76. The Kier molecular flexibility index (Phi) is 11.2. The zero-order valence-electron chi connectivity index (χ0n) is 24.9. The fourth-order valence-electron chi connectivity index (χ4n) is 4.87. The lowest BCUT2D eigenvalue weighted by atomic mass is 9.91. The minimum absolute atomic E-state index is 0.0435. The summed E-state index contributed by atoms with van der Waals surface area (Å²) in [7, 11) is 1.44. The third-order valence-corrected chi connectivity index (χ3v) is 8.45. The summed E-state index contributed by atoms with van der Waals surface area (Å²) in [6, 6.07) is 27.4. The molecule has 0 N–H and O–H groups in total. The summed E-state index contributed by atoms with van der Waals surface area (Å²) in [5.74, 6) is -0.775. The predicted octanol–water partition coefficient (Wildman–Crippen LogP) is 8.09. The molecule has 2 heterocycles. The molecule has 46 heavy (non-hydrogen) atoms. The van der Waals surface area contributed by atoms with Gasteiger partial charge in [0.15, 0.2) is 11.6 Å². The number of carbonyl (C=O) groups is 2. The highest BCUT2D eigenvalue weighted by Gasteiger charge is 2.22. The van der Waals surface area contributed by atoms with Gasteiger partial charge in [-0.2, -0.15) is 4.33 Å². The normalized spacial score (nSPS) is 14.4. The van der Waals surface area contributed by atoms with Gasteiger partial charge in [0.2, 0.25) is 0 Å². The van der Waals surface area contributed by atoms with E-state index in [1.165, 1.54) is 31.4 Å². The number of nitrogens with zero attached hydrogens (tertiary/aromatic N) is 2. The summed E-state index contributed by atoms with van der Waals surface area (Å²) in [6.45, 7) is 0.241. The van der Waals surface area contributed by atoms with Gasteiger partial charge in [-0.15, -0.1) is 11.8 Å². The number of aliphatic imine (C=N–C) groups is 2. The van der Waals surface area contributed by atoms with Crippen LogP contribution < -0.4 is 0 Å². The molecule has 2 aliphatic heterocycles. The Balaban J connectivity index is 0.000000182. The van der Waals surface area contributed by atoms with Crippen LogP contribution in [0.4, 0.5) is 8.78 Å². The van der Waals surface area contributed by atoms with E-state index in [2.05, 4.69) is 14.9 Å². The summed E-state index contributed by atoms with van der Waals surface area (Å²) in [5.41, 5.74) is 5.87. The van der Waals surface area contributed by atoms with Crippen molar-refractivity contribution in [3.8, 4) is 0 Å². The molecule has 0 radical (unpaired) electrons. The van der Waals surface area contributed by atoms with E-state index in [-0.39, 0.29) is 36.3 Å². The molecule has 0 saturated carbocycles. The molecule has 6 nitrogen and oxygen atoms in total. The van der Waals surface area contributed by atoms with Crippen molar-refractivity contribution < 1.29 is 27.6 Å². The van der Waals surface area contributed by atoms with Crippen molar-refractivity contribution in [3.63, 3.8) is 0 Å². The monoisotopic (exact) mass is 654 g/mol. The number of benzene rings is 4. The predicted molar refractivity (Wildman–Crippen MR) is 182 cm³/mol. The summed E-state index contributed by atoms with van der Waals surface area (Å²) in [4.78, 5) is 39.5. The zero-order chi connectivity index (χ0) is 32.5. The number of hydrogen-bond acceptors (Lipinski definition) is 8. The van der Waals surface area contributed by atoms with E-state index >= 15 is 0 Å². The smallest absolute Gasteiger partial charge is 0.185 e. The molecular formula is C36H28F2N2O4S2. The van der Waals surface area contributed by atoms with E-state index < -0.39 is 0 Å². The maximum absolute atomic E-state index is 13.2. The molecule has 2 aliphatic rings. The molecule has 6 rings (SSSR count). The Morgan fingerprint density at radius 2 is 0.978 bits per heavy atom. The Bertz CT molecular complexity index is 1830. The Morgan fingerprint density at radius 1 is 0.587 bits per heavy atom. The number of carbonyl (C=O) groups excluding carboxylic acids is 2. The van der Waals surface area contributed by atoms with E-state index in [0.717, 1.165) is 49.7 Å². The van der Waals surface area contributed by atoms with Crippen LogP contribution in [0.3, 0.4) is 0 Å². The lowest BCUT2D eigenvalue weighted by molar-refractivity contribution is -0.160. The first-order valence-electron chi connectivity index (χ1n) is 14.1. The van der Waals surface area contributed by atoms with E-state index in [4.69, 9.17) is 4.33 Å². The maximum Gasteiger partial charge on any atom is 0.185 e. The molecule has 10 heteroatoms. The van der Waals surface area contributed by atoms with E-state index in [1.54, 1.807) is 48.5 Å². The van der Waals surface area contributed by atoms with Crippen molar-refractivity contribution in [1.82, 2.24) is 0 Å². The van der Waals surface area contributed by atoms with Crippen LogP contribution in [0.15, 0.2) is 117 Å². The van der Waals surface area contributed by atoms with Gasteiger partial charge in [-0.1, -0.05) is 48.5 Å². The molecule has 0 saturated heterocycles. The van der Waals surface area contributed by atoms with Gasteiger partial charge < -0.3 is 0 Å². The van der Waals surface area contributed by atoms with Crippen LogP contribution in [0.1, 0.15) is 22.3 Å².